The van der Waals surface area contributed by atoms with Gasteiger partial charge in [0.25, 0.3) is 0 Å². The van der Waals surface area contributed by atoms with E-state index in [1.807, 2.05) is 32.0 Å². The first-order chi connectivity index (χ1) is 6.99. The van der Waals surface area contributed by atoms with Gasteiger partial charge < -0.3 is 10.7 Å². The second-order valence-corrected chi connectivity index (χ2v) is 3.80. The van der Waals surface area contributed by atoms with Crippen LogP contribution in [0.4, 0.5) is 5.69 Å². The van der Waals surface area contributed by atoms with Crippen molar-refractivity contribution in [1.29, 1.82) is 5.41 Å². The molecule has 0 radical (unpaired) electrons. The third kappa shape index (κ3) is 3.54. The van der Waals surface area contributed by atoms with E-state index in [1.165, 1.54) is 5.56 Å². The Morgan fingerprint density at radius 3 is 2.53 bits per heavy atom. The summed E-state index contributed by atoms with van der Waals surface area (Å²) in [6.45, 7) is 5.66. The topological polar surface area (TPSA) is 53.0 Å². The molecule has 1 amide bonds. The Balaban J connectivity index is 2.69. The van der Waals surface area contributed by atoms with Crippen molar-refractivity contribution in [2.45, 2.75) is 27.2 Å². The molecule has 1 aromatic rings. The highest BCUT2D eigenvalue weighted by atomic mass is 16.1. The normalized spacial score (nSPS) is 9.80. The largest absolute Gasteiger partial charge is 0.326 e. The number of hydrogen-bond acceptors (Lipinski definition) is 2. The fraction of sp³-hybridized carbons (Fsp3) is 0.333. The summed E-state index contributed by atoms with van der Waals surface area (Å²) in [5.74, 6) is -0.134. The van der Waals surface area contributed by atoms with Crippen LogP contribution in [0.15, 0.2) is 18.2 Å². The van der Waals surface area contributed by atoms with Gasteiger partial charge in [0.05, 0.1) is 6.42 Å². The molecule has 1 aromatic carbocycles. The number of carbonyl (C=O) groups is 1. The van der Waals surface area contributed by atoms with Crippen LogP contribution in [0.25, 0.3) is 0 Å². The molecular weight excluding hydrogens is 188 g/mol. The summed E-state index contributed by atoms with van der Waals surface area (Å²) in [5.41, 5.74) is 3.52. The molecule has 0 heterocycles. The van der Waals surface area contributed by atoms with E-state index >= 15 is 0 Å². The maximum absolute atomic E-state index is 11.4. The molecule has 0 saturated carbocycles. The maximum Gasteiger partial charge on any atom is 0.230 e. The highest BCUT2D eigenvalue weighted by molar-refractivity contribution is 6.04. The van der Waals surface area contributed by atoms with E-state index in [9.17, 15) is 4.79 Å². The predicted octanol–water partition coefficient (Wildman–Crippen LogP) is 2.67. The van der Waals surface area contributed by atoms with Crippen LogP contribution in [-0.2, 0) is 4.79 Å². The number of carbonyl (C=O) groups excluding carboxylic acids is 1. The molecule has 1 rings (SSSR count). The van der Waals surface area contributed by atoms with Crippen LogP contribution in [0.1, 0.15) is 24.5 Å². The van der Waals surface area contributed by atoms with Crippen LogP contribution in [0, 0.1) is 19.3 Å². The van der Waals surface area contributed by atoms with Crippen molar-refractivity contribution in [3.05, 3.63) is 29.3 Å². The van der Waals surface area contributed by atoms with Crippen molar-refractivity contribution in [2.24, 2.45) is 0 Å². The van der Waals surface area contributed by atoms with E-state index in [2.05, 4.69) is 5.32 Å². The molecule has 0 atom stereocenters. The molecule has 0 aliphatic rings. The first-order valence-corrected chi connectivity index (χ1v) is 4.90. The van der Waals surface area contributed by atoms with Gasteiger partial charge in [-0.05, 0) is 44.0 Å². The molecular formula is C12H16N2O. The Kier molecular flexibility index (Phi) is 3.61. The smallest absolute Gasteiger partial charge is 0.230 e. The average molecular weight is 204 g/mol. The number of aryl methyl sites for hydroxylation is 2. The Morgan fingerprint density at radius 2 is 2.00 bits per heavy atom. The van der Waals surface area contributed by atoms with Gasteiger partial charge in [-0.2, -0.15) is 0 Å². The van der Waals surface area contributed by atoms with E-state index in [0.717, 1.165) is 11.3 Å². The van der Waals surface area contributed by atoms with Gasteiger partial charge >= 0.3 is 0 Å². The maximum atomic E-state index is 11.4. The van der Waals surface area contributed by atoms with Crippen molar-refractivity contribution >= 4 is 17.3 Å². The van der Waals surface area contributed by atoms with Gasteiger partial charge in [0.2, 0.25) is 5.91 Å². The van der Waals surface area contributed by atoms with Crippen LogP contribution in [0.2, 0.25) is 0 Å². The lowest BCUT2D eigenvalue weighted by atomic mass is 10.1. The number of nitrogens with one attached hydrogen (secondary N) is 2. The van der Waals surface area contributed by atoms with Crippen LogP contribution in [0.5, 0.6) is 0 Å². The van der Waals surface area contributed by atoms with Crippen LogP contribution in [-0.4, -0.2) is 11.6 Å². The molecule has 0 aliphatic heterocycles. The van der Waals surface area contributed by atoms with Gasteiger partial charge in [-0.1, -0.05) is 6.07 Å². The van der Waals surface area contributed by atoms with E-state index in [4.69, 9.17) is 5.41 Å². The molecule has 0 saturated heterocycles. The van der Waals surface area contributed by atoms with Gasteiger partial charge in [-0.3, -0.25) is 4.79 Å². The summed E-state index contributed by atoms with van der Waals surface area (Å²) in [6, 6.07) is 5.79. The van der Waals surface area contributed by atoms with Gasteiger partial charge in [-0.25, -0.2) is 0 Å². The second-order valence-electron chi connectivity index (χ2n) is 3.80. The monoisotopic (exact) mass is 204 g/mol. The van der Waals surface area contributed by atoms with Gasteiger partial charge in [-0.15, -0.1) is 0 Å². The van der Waals surface area contributed by atoms with E-state index in [-0.39, 0.29) is 12.3 Å². The lowest BCUT2D eigenvalue weighted by molar-refractivity contribution is -0.115. The van der Waals surface area contributed by atoms with Crippen LogP contribution < -0.4 is 5.32 Å². The minimum Gasteiger partial charge on any atom is -0.326 e. The summed E-state index contributed by atoms with van der Waals surface area (Å²) in [5, 5.41) is 9.97. The molecule has 0 aliphatic carbocycles. The number of rotatable bonds is 3. The highest BCUT2D eigenvalue weighted by Gasteiger charge is 2.03. The summed E-state index contributed by atoms with van der Waals surface area (Å²) >= 11 is 0. The zero-order valence-corrected chi connectivity index (χ0v) is 9.35. The van der Waals surface area contributed by atoms with Gasteiger partial charge in [0.1, 0.15) is 0 Å². The highest BCUT2D eigenvalue weighted by Crippen LogP contribution is 2.14. The third-order valence-corrected chi connectivity index (χ3v) is 2.22. The number of hydrogen-bond donors (Lipinski definition) is 2. The quantitative estimate of drug-likeness (QED) is 0.731. The number of benzene rings is 1. The predicted molar refractivity (Wildman–Crippen MR) is 62.6 cm³/mol. The lowest BCUT2D eigenvalue weighted by Crippen LogP contribution is -2.14. The first-order valence-electron chi connectivity index (χ1n) is 4.90. The Bertz CT molecular complexity index is 397. The number of anilines is 1. The van der Waals surface area contributed by atoms with Crippen LogP contribution in [0.3, 0.4) is 0 Å². The summed E-state index contributed by atoms with van der Waals surface area (Å²) in [4.78, 5) is 11.4. The average Bonchev–Trinajstić information content (AvgIpc) is 2.10. The molecule has 3 heteroatoms. The third-order valence-electron chi connectivity index (χ3n) is 2.22. The van der Waals surface area contributed by atoms with E-state index < -0.39 is 0 Å². The Labute approximate surface area is 90.0 Å². The standard InChI is InChI=1S/C12H16N2O/c1-8-4-5-11(6-9(8)2)14-12(15)7-10(3)13/h4-6,13H,7H2,1-3H3,(H,14,15). The fourth-order valence-corrected chi connectivity index (χ4v) is 1.27. The Morgan fingerprint density at radius 1 is 1.33 bits per heavy atom. The SMILES string of the molecule is CC(=N)CC(=O)Nc1ccc(C)c(C)c1. The van der Waals surface area contributed by atoms with Crippen LogP contribution >= 0.6 is 0 Å². The van der Waals surface area contributed by atoms with E-state index in [1.54, 1.807) is 6.92 Å². The van der Waals surface area contributed by atoms with E-state index in [0.29, 0.717) is 5.71 Å². The molecule has 2 N–H and O–H groups in total. The summed E-state index contributed by atoms with van der Waals surface area (Å²) in [6.07, 6.45) is 0.160. The summed E-state index contributed by atoms with van der Waals surface area (Å²) in [7, 11) is 0. The lowest BCUT2D eigenvalue weighted by Gasteiger charge is -2.07. The zero-order valence-electron chi connectivity index (χ0n) is 9.35. The number of amides is 1. The fourth-order valence-electron chi connectivity index (χ4n) is 1.27. The molecule has 80 valence electrons. The minimum atomic E-state index is -0.134. The van der Waals surface area contributed by atoms with Gasteiger partial charge in [0, 0.05) is 11.4 Å². The first kappa shape index (κ1) is 11.4. The minimum absolute atomic E-state index is 0.134. The van der Waals surface area contributed by atoms with Crippen molar-refractivity contribution < 1.29 is 4.79 Å². The summed E-state index contributed by atoms with van der Waals surface area (Å²) < 4.78 is 0. The zero-order chi connectivity index (χ0) is 11.4. The molecule has 3 nitrogen and oxygen atoms in total. The van der Waals surface area contributed by atoms with Crippen molar-refractivity contribution in [3.8, 4) is 0 Å². The molecule has 15 heavy (non-hydrogen) atoms. The molecule has 0 aromatic heterocycles. The second kappa shape index (κ2) is 4.73. The molecule has 0 bridgehead atoms. The van der Waals surface area contributed by atoms with Crippen molar-refractivity contribution in [2.75, 3.05) is 5.32 Å². The molecule has 0 fully saturated rings. The van der Waals surface area contributed by atoms with Crippen molar-refractivity contribution in [1.82, 2.24) is 0 Å². The Hall–Kier alpha value is -1.64. The van der Waals surface area contributed by atoms with Gasteiger partial charge in [0.15, 0.2) is 0 Å². The molecule has 0 spiro atoms. The van der Waals surface area contributed by atoms with Crippen molar-refractivity contribution in [3.63, 3.8) is 0 Å². The molecule has 0 unspecified atom stereocenters.